The summed E-state index contributed by atoms with van der Waals surface area (Å²) in [5.74, 6) is 0.725. The molecule has 3 nitrogen and oxygen atoms in total. The fraction of sp³-hybridized carbons (Fsp3) is 0.267. The standard InChI is InChI=1S/C15H16O3/c1-12(16)15-14(9-11-18-15)17-10-5-8-13-6-3-2-4-7-13/h2-4,6-7,9,11H,5,8,10H2,1H3. The van der Waals surface area contributed by atoms with E-state index in [-0.39, 0.29) is 5.78 Å². The van der Waals surface area contributed by atoms with E-state index in [1.807, 2.05) is 18.2 Å². The van der Waals surface area contributed by atoms with Crippen LogP contribution < -0.4 is 4.74 Å². The minimum Gasteiger partial charge on any atom is -0.489 e. The highest BCUT2D eigenvalue weighted by molar-refractivity contribution is 5.93. The van der Waals surface area contributed by atoms with E-state index < -0.39 is 0 Å². The molecule has 0 fully saturated rings. The molecule has 0 spiro atoms. The number of furan rings is 1. The van der Waals surface area contributed by atoms with Crippen LogP contribution in [0.2, 0.25) is 0 Å². The normalized spacial score (nSPS) is 10.3. The maximum absolute atomic E-state index is 11.2. The summed E-state index contributed by atoms with van der Waals surface area (Å²) in [6.45, 7) is 2.05. The molecular formula is C15H16O3. The highest BCUT2D eigenvalue weighted by Crippen LogP contribution is 2.20. The van der Waals surface area contributed by atoms with Gasteiger partial charge >= 0.3 is 0 Å². The van der Waals surface area contributed by atoms with Crippen molar-refractivity contribution in [3.05, 3.63) is 54.0 Å². The first-order valence-electron chi connectivity index (χ1n) is 6.02. The van der Waals surface area contributed by atoms with Crippen LogP contribution in [0.4, 0.5) is 0 Å². The maximum Gasteiger partial charge on any atom is 0.210 e. The molecule has 0 unspecified atom stereocenters. The second kappa shape index (κ2) is 6.05. The second-order valence-electron chi connectivity index (χ2n) is 4.11. The van der Waals surface area contributed by atoms with Gasteiger partial charge in [-0.25, -0.2) is 0 Å². The molecule has 0 aliphatic carbocycles. The van der Waals surface area contributed by atoms with Crippen molar-refractivity contribution in [1.82, 2.24) is 0 Å². The first kappa shape index (κ1) is 12.4. The number of ketones is 1. The molecule has 18 heavy (non-hydrogen) atoms. The van der Waals surface area contributed by atoms with Gasteiger partial charge in [0.15, 0.2) is 11.5 Å². The van der Waals surface area contributed by atoms with Gasteiger partial charge in [0, 0.05) is 13.0 Å². The first-order chi connectivity index (χ1) is 8.77. The van der Waals surface area contributed by atoms with Crippen LogP contribution in [0.25, 0.3) is 0 Å². The minimum atomic E-state index is -0.113. The monoisotopic (exact) mass is 244 g/mol. The van der Waals surface area contributed by atoms with Crippen LogP contribution in [-0.4, -0.2) is 12.4 Å². The van der Waals surface area contributed by atoms with Crippen molar-refractivity contribution in [2.45, 2.75) is 19.8 Å². The van der Waals surface area contributed by atoms with E-state index in [0.29, 0.717) is 18.1 Å². The molecular weight excluding hydrogens is 228 g/mol. The summed E-state index contributed by atoms with van der Waals surface area (Å²) in [4.78, 5) is 11.2. The molecule has 0 radical (unpaired) electrons. The van der Waals surface area contributed by atoms with Crippen LogP contribution in [0, 0.1) is 0 Å². The fourth-order valence-electron chi connectivity index (χ4n) is 1.77. The molecule has 1 aromatic heterocycles. The molecule has 3 heteroatoms. The molecule has 94 valence electrons. The minimum absolute atomic E-state index is 0.113. The maximum atomic E-state index is 11.2. The van der Waals surface area contributed by atoms with E-state index in [4.69, 9.17) is 9.15 Å². The summed E-state index contributed by atoms with van der Waals surface area (Å²) in [5.41, 5.74) is 1.29. The Bertz CT molecular complexity index is 499. The molecule has 2 rings (SSSR count). The van der Waals surface area contributed by atoms with Gasteiger partial charge in [0.1, 0.15) is 0 Å². The topological polar surface area (TPSA) is 39.4 Å². The zero-order valence-electron chi connectivity index (χ0n) is 10.4. The van der Waals surface area contributed by atoms with Crippen LogP contribution in [0.5, 0.6) is 5.75 Å². The number of hydrogen-bond acceptors (Lipinski definition) is 3. The van der Waals surface area contributed by atoms with Crippen molar-refractivity contribution in [1.29, 1.82) is 0 Å². The summed E-state index contributed by atoms with van der Waals surface area (Å²) in [6, 6.07) is 11.9. The van der Waals surface area contributed by atoms with Gasteiger partial charge in [-0.1, -0.05) is 30.3 Å². The van der Waals surface area contributed by atoms with Gasteiger partial charge in [-0.2, -0.15) is 0 Å². The molecule has 0 bridgehead atoms. The van der Waals surface area contributed by atoms with Crippen LogP contribution in [0.3, 0.4) is 0 Å². The van der Waals surface area contributed by atoms with Gasteiger partial charge in [-0.15, -0.1) is 0 Å². The Kier molecular flexibility index (Phi) is 4.18. The lowest BCUT2D eigenvalue weighted by molar-refractivity contribution is 0.0981. The molecule has 0 atom stereocenters. The summed E-state index contributed by atoms with van der Waals surface area (Å²) in [5, 5.41) is 0. The third-order valence-electron chi connectivity index (χ3n) is 2.66. The van der Waals surface area contributed by atoms with Gasteiger partial charge in [-0.05, 0) is 18.4 Å². The Morgan fingerprint density at radius 2 is 2.00 bits per heavy atom. The zero-order chi connectivity index (χ0) is 12.8. The number of carbonyl (C=O) groups excluding carboxylic acids is 1. The number of Topliss-reactive ketones (excluding diaryl/α,β-unsaturated/α-hetero) is 1. The van der Waals surface area contributed by atoms with Crippen molar-refractivity contribution in [3.8, 4) is 5.75 Å². The van der Waals surface area contributed by atoms with Crippen LogP contribution in [0.15, 0.2) is 47.1 Å². The molecule has 0 amide bonds. The van der Waals surface area contributed by atoms with E-state index in [1.54, 1.807) is 6.07 Å². The van der Waals surface area contributed by atoms with E-state index in [0.717, 1.165) is 12.8 Å². The predicted octanol–water partition coefficient (Wildman–Crippen LogP) is 3.49. The smallest absolute Gasteiger partial charge is 0.210 e. The third-order valence-corrected chi connectivity index (χ3v) is 2.66. The Morgan fingerprint density at radius 3 is 2.72 bits per heavy atom. The van der Waals surface area contributed by atoms with Crippen molar-refractivity contribution < 1.29 is 13.9 Å². The fourth-order valence-corrected chi connectivity index (χ4v) is 1.77. The lowest BCUT2D eigenvalue weighted by Crippen LogP contribution is -2.02. The summed E-state index contributed by atoms with van der Waals surface area (Å²) >= 11 is 0. The molecule has 1 aromatic carbocycles. The van der Waals surface area contributed by atoms with Gasteiger partial charge in [-0.3, -0.25) is 4.79 Å². The third kappa shape index (κ3) is 3.23. The van der Waals surface area contributed by atoms with Crippen molar-refractivity contribution >= 4 is 5.78 Å². The molecule has 0 aliphatic rings. The van der Waals surface area contributed by atoms with E-state index >= 15 is 0 Å². The van der Waals surface area contributed by atoms with Gasteiger partial charge in [0.25, 0.3) is 0 Å². The molecule has 0 N–H and O–H groups in total. The summed E-state index contributed by atoms with van der Waals surface area (Å²) in [6.07, 6.45) is 3.35. The number of benzene rings is 1. The van der Waals surface area contributed by atoms with Crippen molar-refractivity contribution in [2.24, 2.45) is 0 Å². The number of aryl methyl sites for hydroxylation is 1. The number of hydrogen-bond donors (Lipinski definition) is 0. The Hall–Kier alpha value is -2.03. The lowest BCUT2D eigenvalue weighted by atomic mass is 10.1. The molecule has 1 heterocycles. The molecule has 0 saturated heterocycles. The highest BCUT2D eigenvalue weighted by Gasteiger charge is 2.11. The van der Waals surface area contributed by atoms with Crippen molar-refractivity contribution in [3.63, 3.8) is 0 Å². The van der Waals surface area contributed by atoms with Gasteiger partial charge in [0.05, 0.1) is 12.9 Å². The average Bonchev–Trinajstić information content (AvgIpc) is 2.84. The first-order valence-corrected chi connectivity index (χ1v) is 6.02. The molecule has 0 aliphatic heterocycles. The highest BCUT2D eigenvalue weighted by atomic mass is 16.5. The quantitative estimate of drug-likeness (QED) is 0.576. The van der Waals surface area contributed by atoms with Crippen LogP contribution >= 0.6 is 0 Å². The predicted molar refractivity (Wildman–Crippen MR) is 69.0 cm³/mol. The summed E-state index contributed by atoms with van der Waals surface area (Å²) < 4.78 is 10.6. The van der Waals surface area contributed by atoms with E-state index in [1.165, 1.54) is 18.8 Å². The number of rotatable bonds is 6. The average molecular weight is 244 g/mol. The van der Waals surface area contributed by atoms with E-state index in [2.05, 4.69) is 12.1 Å². The summed E-state index contributed by atoms with van der Waals surface area (Å²) in [7, 11) is 0. The van der Waals surface area contributed by atoms with Gasteiger partial charge < -0.3 is 9.15 Å². The number of ether oxygens (including phenoxy) is 1. The van der Waals surface area contributed by atoms with E-state index in [9.17, 15) is 4.79 Å². The Morgan fingerprint density at radius 1 is 1.22 bits per heavy atom. The SMILES string of the molecule is CC(=O)c1occc1OCCCc1ccccc1. The Labute approximate surface area is 106 Å². The largest absolute Gasteiger partial charge is 0.489 e. The lowest BCUT2D eigenvalue weighted by Gasteiger charge is -2.05. The van der Waals surface area contributed by atoms with Crippen LogP contribution in [-0.2, 0) is 6.42 Å². The number of carbonyl (C=O) groups is 1. The van der Waals surface area contributed by atoms with Crippen LogP contribution in [0.1, 0.15) is 29.5 Å². The Balaban J connectivity index is 1.79. The van der Waals surface area contributed by atoms with Crippen molar-refractivity contribution in [2.75, 3.05) is 6.61 Å². The second-order valence-corrected chi connectivity index (χ2v) is 4.11. The van der Waals surface area contributed by atoms with Gasteiger partial charge in [0.2, 0.25) is 5.76 Å². The molecule has 0 saturated carbocycles. The zero-order valence-corrected chi connectivity index (χ0v) is 10.4. The molecule has 2 aromatic rings.